The van der Waals surface area contributed by atoms with Crippen LogP contribution in [0.5, 0.6) is 0 Å². The molecule has 0 aliphatic carbocycles. The van der Waals surface area contributed by atoms with Crippen LogP contribution in [0.1, 0.15) is 22.5 Å². The van der Waals surface area contributed by atoms with Crippen molar-refractivity contribution < 1.29 is 19.5 Å². The zero-order valence-corrected chi connectivity index (χ0v) is 19.6. The van der Waals surface area contributed by atoms with Crippen LogP contribution in [0.3, 0.4) is 0 Å². The fourth-order valence-corrected chi connectivity index (χ4v) is 4.73. The SMILES string of the molecule is O=C(Nc1nc(CC(=O)N2CCN(CC(=O)N3CCC(O)C3)CC2)cs1)c1ccc(Cl)cc1. The van der Waals surface area contributed by atoms with E-state index in [1.807, 2.05) is 4.90 Å². The number of β-amino-alcohol motifs (C(OH)–C–C–N with tert-alkyl or cyclic N) is 1. The minimum Gasteiger partial charge on any atom is -0.391 e. The largest absolute Gasteiger partial charge is 0.391 e. The molecule has 11 heteroatoms. The predicted molar refractivity (Wildman–Crippen MR) is 125 cm³/mol. The minimum atomic E-state index is -0.416. The van der Waals surface area contributed by atoms with Gasteiger partial charge in [0.1, 0.15) is 0 Å². The highest BCUT2D eigenvalue weighted by Crippen LogP contribution is 2.19. The number of halogens is 1. The number of anilines is 1. The van der Waals surface area contributed by atoms with Gasteiger partial charge in [-0.2, -0.15) is 0 Å². The number of carbonyl (C=O) groups is 3. The summed E-state index contributed by atoms with van der Waals surface area (Å²) >= 11 is 7.12. The summed E-state index contributed by atoms with van der Waals surface area (Å²) in [5, 5.41) is 15.1. The van der Waals surface area contributed by atoms with Crippen LogP contribution in [0.15, 0.2) is 29.6 Å². The van der Waals surface area contributed by atoms with E-state index < -0.39 is 6.10 Å². The van der Waals surface area contributed by atoms with Gasteiger partial charge in [0.15, 0.2) is 5.13 Å². The van der Waals surface area contributed by atoms with Crippen LogP contribution in [0, 0.1) is 0 Å². The molecule has 176 valence electrons. The number of thiazole rings is 1. The number of likely N-dealkylation sites (tertiary alicyclic amines) is 1. The molecular formula is C22H26ClN5O4S. The molecule has 3 heterocycles. The minimum absolute atomic E-state index is 0.0236. The van der Waals surface area contributed by atoms with E-state index in [0.717, 1.165) is 0 Å². The van der Waals surface area contributed by atoms with Crippen LogP contribution in [0.2, 0.25) is 5.02 Å². The maximum atomic E-state index is 12.7. The molecular weight excluding hydrogens is 466 g/mol. The van der Waals surface area contributed by atoms with Crippen LogP contribution in [0.25, 0.3) is 0 Å². The van der Waals surface area contributed by atoms with Gasteiger partial charge in [0.2, 0.25) is 11.8 Å². The average Bonchev–Trinajstić information content (AvgIpc) is 3.43. The summed E-state index contributed by atoms with van der Waals surface area (Å²) in [7, 11) is 0. The van der Waals surface area contributed by atoms with Gasteiger partial charge in [-0.25, -0.2) is 4.98 Å². The summed E-state index contributed by atoms with van der Waals surface area (Å²) in [4.78, 5) is 47.2. The van der Waals surface area contributed by atoms with Gasteiger partial charge in [0.25, 0.3) is 5.91 Å². The Morgan fingerprint density at radius 3 is 2.45 bits per heavy atom. The second-order valence-corrected chi connectivity index (χ2v) is 9.52. The van der Waals surface area contributed by atoms with Crippen molar-refractivity contribution in [1.82, 2.24) is 19.7 Å². The van der Waals surface area contributed by atoms with Crippen molar-refractivity contribution in [1.29, 1.82) is 0 Å². The Morgan fingerprint density at radius 1 is 1.06 bits per heavy atom. The molecule has 2 aliphatic rings. The lowest BCUT2D eigenvalue weighted by molar-refractivity contribution is -0.134. The molecule has 33 heavy (non-hydrogen) atoms. The van der Waals surface area contributed by atoms with Gasteiger partial charge in [-0.1, -0.05) is 11.6 Å². The van der Waals surface area contributed by atoms with Gasteiger partial charge in [-0.05, 0) is 30.7 Å². The summed E-state index contributed by atoms with van der Waals surface area (Å²) < 4.78 is 0. The van der Waals surface area contributed by atoms with Crippen molar-refractivity contribution in [2.75, 3.05) is 51.1 Å². The maximum absolute atomic E-state index is 12.7. The van der Waals surface area contributed by atoms with Crippen LogP contribution in [0.4, 0.5) is 5.13 Å². The number of nitrogens with zero attached hydrogens (tertiary/aromatic N) is 4. The number of nitrogens with one attached hydrogen (secondary N) is 1. The van der Waals surface area contributed by atoms with Crippen molar-refractivity contribution in [2.24, 2.45) is 0 Å². The van der Waals surface area contributed by atoms with E-state index in [-0.39, 0.29) is 24.1 Å². The highest BCUT2D eigenvalue weighted by Gasteiger charge is 2.28. The van der Waals surface area contributed by atoms with Crippen LogP contribution >= 0.6 is 22.9 Å². The van der Waals surface area contributed by atoms with Crippen LogP contribution in [-0.4, -0.2) is 94.4 Å². The number of hydrogen-bond donors (Lipinski definition) is 2. The quantitative estimate of drug-likeness (QED) is 0.631. The fraction of sp³-hybridized carbons (Fsp3) is 0.455. The first-order valence-electron chi connectivity index (χ1n) is 10.8. The van der Waals surface area contributed by atoms with E-state index in [1.165, 1.54) is 11.3 Å². The van der Waals surface area contributed by atoms with Crippen LogP contribution < -0.4 is 5.32 Å². The van der Waals surface area contributed by atoms with Crippen molar-refractivity contribution in [3.63, 3.8) is 0 Å². The number of piperazine rings is 1. The van der Waals surface area contributed by atoms with Gasteiger partial charge in [0, 0.05) is 55.2 Å². The molecule has 2 N–H and O–H groups in total. The molecule has 2 fully saturated rings. The maximum Gasteiger partial charge on any atom is 0.257 e. The Balaban J connectivity index is 1.22. The second-order valence-electron chi connectivity index (χ2n) is 8.22. The van der Waals surface area contributed by atoms with Crippen molar-refractivity contribution in [2.45, 2.75) is 18.9 Å². The third-order valence-electron chi connectivity index (χ3n) is 5.81. The molecule has 1 atom stereocenters. The number of aromatic nitrogens is 1. The van der Waals surface area contributed by atoms with E-state index in [9.17, 15) is 19.5 Å². The van der Waals surface area contributed by atoms with E-state index in [1.54, 1.807) is 39.4 Å². The molecule has 4 rings (SSSR count). The Bertz CT molecular complexity index is 1010. The molecule has 0 radical (unpaired) electrons. The summed E-state index contributed by atoms with van der Waals surface area (Å²) in [6, 6.07) is 6.57. The summed E-state index contributed by atoms with van der Waals surface area (Å²) in [5.74, 6) is -0.278. The van der Waals surface area contributed by atoms with Crippen molar-refractivity contribution >= 4 is 45.8 Å². The summed E-state index contributed by atoms with van der Waals surface area (Å²) in [6.07, 6.45) is 0.384. The van der Waals surface area contributed by atoms with Crippen LogP contribution in [-0.2, 0) is 16.0 Å². The van der Waals surface area contributed by atoms with E-state index in [4.69, 9.17) is 11.6 Å². The lowest BCUT2D eigenvalue weighted by atomic mass is 10.2. The molecule has 2 aromatic rings. The normalized spacial score (nSPS) is 19.0. The van der Waals surface area contributed by atoms with Crippen molar-refractivity contribution in [3.05, 3.63) is 45.9 Å². The Kier molecular flexibility index (Phi) is 7.59. The molecule has 2 saturated heterocycles. The molecule has 1 aromatic heterocycles. The molecule has 0 saturated carbocycles. The van der Waals surface area contributed by atoms with Gasteiger partial charge in [0.05, 0.1) is 24.8 Å². The van der Waals surface area contributed by atoms with Gasteiger partial charge in [-0.3, -0.25) is 24.6 Å². The number of aliphatic hydroxyl groups is 1. The van der Waals surface area contributed by atoms with Gasteiger partial charge >= 0.3 is 0 Å². The number of benzene rings is 1. The highest BCUT2D eigenvalue weighted by molar-refractivity contribution is 7.14. The summed E-state index contributed by atoms with van der Waals surface area (Å²) in [6.45, 7) is 3.71. The standard InChI is InChI=1S/C22H26ClN5O4S/c23-16-3-1-15(2-4-16)21(32)25-22-24-17(14-33-22)11-19(30)27-9-7-26(8-10-27)13-20(31)28-6-5-18(29)12-28/h1-4,14,18,29H,5-13H2,(H,24,25,32). The zero-order valence-electron chi connectivity index (χ0n) is 18.1. The molecule has 0 spiro atoms. The first kappa shape index (κ1) is 23.6. The molecule has 1 unspecified atom stereocenters. The molecule has 9 nitrogen and oxygen atoms in total. The Morgan fingerprint density at radius 2 is 1.79 bits per heavy atom. The third kappa shape index (κ3) is 6.29. The topological polar surface area (TPSA) is 106 Å². The highest BCUT2D eigenvalue weighted by atomic mass is 35.5. The number of amides is 3. The lowest BCUT2D eigenvalue weighted by Crippen LogP contribution is -2.51. The third-order valence-corrected chi connectivity index (χ3v) is 6.87. The van der Waals surface area contributed by atoms with E-state index in [0.29, 0.717) is 73.6 Å². The average molecular weight is 492 g/mol. The Labute approximate surface area is 200 Å². The molecule has 1 aromatic carbocycles. The molecule has 3 amide bonds. The number of carbonyl (C=O) groups excluding carboxylic acids is 3. The van der Waals surface area contributed by atoms with Gasteiger partial charge < -0.3 is 14.9 Å². The van der Waals surface area contributed by atoms with Gasteiger partial charge in [-0.15, -0.1) is 11.3 Å². The smallest absolute Gasteiger partial charge is 0.257 e. The molecule has 0 bridgehead atoms. The summed E-state index contributed by atoms with van der Waals surface area (Å²) in [5.41, 5.74) is 1.09. The van der Waals surface area contributed by atoms with E-state index >= 15 is 0 Å². The number of aliphatic hydroxyl groups excluding tert-OH is 1. The number of rotatable bonds is 6. The zero-order chi connectivity index (χ0) is 23.4. The predicted octanol–water partition coefficient (Wildman–Crippen LogP) is 1.33. The second kappa shape index (κ2) is 10.6. The van der Waals surface area contributed by atoms with Crippen molar-refractivity contribution in [3.8, 4) is 0 Å². The first-order valence-corrected chi connectivity index (χ1v) is 12.1. The molecule has 2 aliphatic heterocycles. The fourth-order valence-electron chi connectivity index (χ4n) is 3.90. The first-order chi connectivity index (χ1) is 15.9. The lowest BCUT2D eigenvalue weighted by Gasteiger charge is -2.35. The Hall–Kier alpha value is -2.53. The van der Waals surface area contributed by atoms with E-state index in [2.05, 4.69) is 10.3 Å². The monoisotopic (exact) mass is 491 g/mol. The number of hydrogen-bond acceptors (Lipinski definition) is 7.